The van der Waals surface area contributed by atoms with Crippen LogP contribution in [-0.2, 0) is 7.05 Å². The van der Waals surface area contributed by atoms with Gasteiger partial charge in [0.25, 0.3) is 5.69 Å². The van der Waals surface area contributed by atoms with Gasteiger partial charge in [0.1, 0.15) is 7.05 Å². The number of hydrogen-bond acceptors (Lipinski definition) is 4. The van der Waals surface area contributed by atoms with Crippen molar-refractivity contribution in [1.29, 1.82) is 0 Å². The Bertz CT molecular complexity index is 870. The highest BCUT2D eigenvalue weighted by Crippen LogP contribution is 2.31. The van der Waals surface area contributed by atoms with Gasteiger partial charge in [-0.3, -0.25) is 10.1 Å². The third kappa shape index (κ3) is 2.83. The normalized spacial score (nSPS) is 10.7. The van der Waals surface area contributed by atoms with Crippen LogP contribution >= 0.6 is 15.9 Å². The third-order valence-corrected chi connectivity index (χ3v) is 3.96. The Balaban J connectivity index is 2.06. The quantitative estimate of drug-likeness (QED) is 0.400. The molecule has 0 unspecified atom stereocenters. The predicted octanol–water partition coefficient (Wildman–Crippen LogP) is 3.18. The number of nitro groups is 1. The van der Waals surface area contributed by atoms with E-state index in [2.05, 4.69) is 15.9 Å². The maximum atomic E-state index is 12.4. The highest BCUT2D eigenvalue weighted by molar-refractivity contribution is 9.10. The number of benzene rings is 2. The van der Waals surface area contributed by atoms with Gasteiger partial charge in [-0.25, -0.2) is 0 Å². The number of nitro benzene ring substituents is 1. The van der Waals surface area contributed by atoms with Gasteiger partial charge in [-0.15, -0.1) is 0 Å². The van der Waals surface area contributed by atoms with Crippen LogP contribution < -0.4 is 9.67 Å². The molecule has 116 valence electrons. The van der Waals surface area contributed by atoms with Gasteiger partial charge < -0.3 is 9.52 Å². The third-order valence-electron chi connectivity index (χ3n) is 3.43. The second-order valence-electron chi connectivity index (χ2n) is 4.91. The number of rotatable bonds is 3. The van der Waals surface area contributed by atoms with Crippen molar-refractivity contribution < 1.29 is 19.0 Å². The van der Waals surface area contributed by atoms with Crippen molar-refractivity contribution in [2.45, 2.75) is 0 Å². The molecule has 7 heteroatoms. The summed E-state index contributed by atoms with van der Waals surface area (Å²) in [6.07, 6.45) is 0. The molecule has 3 aromatic rings. The average Bonchev–Trinajstić information content (AvgIpc) is 2.84. The molecule has 0 N–H and O–H groups in total. The molecule has 0 saturated carbocycles. The molecule has 0 aliphatic carbocycles. The molecule has 0 radical (unpaired) electrons. The van der Waals surface area contributed by atoms with Crippen LogP contribution in [-0.4, -0.2) is 4.92 Å². The Morgan fingerprint density at radius 3 is 2.17 bits per heavy atom. The lowest BCUT2D eigenvalue weighted by atomic mass is 10.1. The molecule has 6 nitrogen and oxygen atoms in total. The Morgan fingerprint density at radius 1 is 1.04 bits per heavy atom. The highest BCUT2D eigenvalue weighted by atomic mass is 79.9. The van der Waals surface area contributed by atoms with Crippen LogP contribution in [0, 0.1) is 10.1 Å². The fourth-order valence-corrected chi connectivity index (χ4v) is 2.48. The lowest BCUT2D eigenvalue weighted by molar-refractivity contribution is -0.704. The molecule has 0 spiro atoms. The summed E-state index contributed by atoms with van der Waals surface area (Å²) in [6, 6.07) is 13.1. The van der Waals surface area contributed by atoms with Crippen LogP contribution in [0.15, 0.2) is 57.4 Å². The Kier molecular flexibility index (Phi) is 3.87. The van der Waals surface area contributed by atoms with Crippen LogP contribution in [0.5, 0.6) is 5.88 Å². The Labute approximate surface area is 139 Å². The maximum absolute atomic E-state index is 12.4. The fourth-order valence-electron chi connectivity index (χ4n) is 2.22. The van der Waals surface area contributed by atoms with Crippen LogP contribution in [0.2, 0.25) is 0 Å². The van der Waals surface area contributed by atoms with Crippen molar-refractivity contribution in [3.8, 4) is 28.7 Å². The van der Waals surface area contributed by atoms with Gasteiger partial charge in [0.2, 0.25) is 0 Å². The first-order chi connectivity index (χ1) is 11.0. The number of non-ortho nitro benzene ring substituents is 1. The maximum Gasteiger partial charge on any atom is 0.380 e. The largest absolute Gasteiger partial charge is 0.820 e. The number of halogens is 1. The molecule has 0 atom stereocenters. The molecular formula is C16H11BrN2O4. The van der Waals surface area contributed by atoms with Crippen molar-refractivity contribution in [3.63, 3.8) is 0 Å². The second-order valence-corrected chi connectivity index (χ2v) is 5.83. The molecule has 0 saturated heterocycles. The Morgan fingerprint density at radius 2 is 1.61 bits per heavy atom. The number of oxazole rings is 1. The van der Waals surface area contributed by atoms with E-state index in [1.807, 2.05) is 24.3 Å². The molecule has 1 aromatic heterocycles. The van der Waals surface area contributed by atoms with Gasteiger partial charge in [-0.1, -0.05) is 15.9 Å². The number of hydrogen-bond donors (Lipinski definition) is 0. The van der Waals surface area contributed by atoms with Gasteiger partial charge in [-0.2, -0.15) is 4.57 Å². The summed E-state index contributed by atoms with van der Waals surface area (Å²) in [7, 11) is 1.62. The molecule has 0 bridgehead atoms. The first-order valence-corrected chi connectivity index (χ1v) is 7.47. The lowest BCUT2D eigenvalue weighted by Crippen LogP contribution is -2.32. The molecule has 0 fully saturated rings. The van der Waals surface area contributed by atoms with E-state index in [0.717, 1.165) is 10.0 Å². The van der Waals surface area contributed by atoms with Crippen molar-refractivity contribution in [3.05, 3.63) is 63.1 Å². The highest BCUT2D eigenvalue weighted by Gasteiger charge is 2.22. The molecule has 23 heavy (non-hydrogen) atoms. The van der Waals surface area contributed by atoms with Crippen LogP contribution in [0.25, 0.3) is 22.8 Å². The van der Waals surface area contributed by atoms with Crippen molar-refractivity contribution in [2.75, 3.05) is 0 Å². The smallest absolute Gasteiger partial charge is 0.380 e. The topological polar surface area (TPSA) is 83.2 Å². The zero-order valence-electron chi connectivity index (χ0n) is 12.0. The van der Waals surface area contributed by atoms with E-state index in [9.17, 15) is 15.2 Å². The predicted molar refractivity (Wildman–Crippen MR) is 84.6 cm³/mol. The Hall–Kier alpha value is -2.67. The summed E-state index contributed by atoms with van der Waals surface area (Å²) in [6.45, 7) is 0. The summed E-state index contributed by atoms with van der Waals surface area (Å²) in [5, 5.41) is 23.1. The minimum Gasteiger partial charge on any atom is -0.820 e. The number of aromatic nitrogens is 1. The van der Waals surface area contributed by atoms with Crippen LogP contribution in [0.3, 0.4) is 0 Å². The van der Waals surface area contributed by atoms with Crippen molar-refractivity contribution in [2.24, 2.45) is 7.05 Å². The van der Waals surface area contributed by atoms with Gasteiger partial charge >= 0.3 is 5.89 Å². The van der Waals surface area contributed by atoms with E-state index in [4.69, 9.17) is 4.42 Å². The second kappa shape index (κ2) is 5.85. The first kappa shape index (κ1) is 15.2. The van der Waals surface area contributed by atoms with E-state index < -0.39 is 4.92 Å². The minimum absolute atomic E-state index is 0.0368. The minimum atomic E-state index is -0.489. The summed E-state index contributed by atoms with van der Waals surface area (Å²) in [5.41, 5.74) is 1.23. The van der Waals surface area contributed by atoms with Gasteiger partial charge in [0, 0.05) is 22.2 Å². The summed E-state index contributed by atoms with van der Waals surface area (Å²) in [5.74, 6) is 0.285. The molecular weight excluding hydrogens is 364 g/mol. The summed E-state index contributed by atoms with van der Waals surface area (Å²) < 4.78 is 8.06. The standard InChI is InChI=1S/C16H11BrN2O4/c1-18-15(20)14(10-4-8-13(9-5-10)19(21)22)23-16(18)11-2-6-12(17)7-3-11/h2-9H,1H3. The lowest BCUT2D eigenvalue weighted by Gasteiger charge is -2.00. The SMILES string of the molecule is C[n+]1c(-c2ccc(Br)cc2)oc(-c2ccc([N+](=O)[O-])cc2)c1[O-]. The summed E-state index contributed by atoms with van der Waals surface area (Å²) in [4.78, 5) is 10.2. The van der Waals surface area contributed by atoms with Crippen molar-refractivity contribution >= 4 is 21.6 Å². The summed E-state index contributed by atoms with van der Waals surface area (Å²) >= 11 is 3.36. The van der Waals surface area contributed by atoms with E-state index in [-0.39, 0.29) is 17.3 Å². The first-order valence-electron chi connectivity index (χ1n) is 6.68. The van der Waals surface area contributed by atoms with Crippen LogP contribution in [0.4, 0.5) is 5.69 Å². The van der Waals surface area contributed by atoms with E-state index >= 15 is 0 Å². The van der Waals surface area contributed by atoms with E-state index in [1.165, 1.54) is 28.8 Å². The monoisotopic (exact) mass is 374 g/mol. The molecule has 0 amide bonds. The number of nitrogens with zero attached hydrogens (tertiary/aromatic N) is 2. The zero-order valence-corrected chi connectivity index (χ0v) is 13.6. The van der Waals surface area contributed by atoms with E-state index in [1.54, 1.807) is 7.05 Å². The zero-order chi connectivity index (χ0) is 16.6. The van der Waals surface area contributed by atoms with E-state index in [0.29, 0.717) is 11.5 Å². The molecule has 0 aliphatic rings. The van der Waals surface area contributed by atoms with Gasteiger partial charge in [0.15, 0.2) is 11.6 Å². The molecule has 3 rings (SSSR count). The fraction of sp³-hybridized carbons (Fsp3) is 0.0625. The van der Waals surface area contributed by atoms with Gasteiger partial charge in [0.05, 0.1) is 10.5 Å². The molecule has 1 heterocycles. The average molecular weight is 375 g/mol. The van der Waals surface area contributed by atoms with Crippen LogP contribution in [0.1, 0.15) is 0 Å². The van der Waals surface area contributed by atoms with Gasteiger partial charge in [-0.05, 0) is 36.4 Å². The molecule has 2 aromatic carbocycles. The van der Waals surface area contributed by atoms with Crippen molar-refractivity contribution in [1.82, 2.24) is 0 Å². The molecule has 0 aliphatic heterocycles.